The van der Waals surface area contributed by atoms with Gasteiger partial charge >= 0.3 is 0 Å². The number of benzene rings is 1. The molecule has 1 aromatic rings. The quantitative estimate of drug-likeness (QED) is 0.838. The van der Waals surface area contributed by atoms with Crippen LogP contribution in [-0.2, 0) is 0 Å². The average molecular weight is 252 g/mol. The van der Waals surface area contributed by atoms with Crippen molar-refractivity contribution in [3.8, 4) is 0 Å². The minimum atomic E-state index is -0.239. The van der Waals surface area contributed by atoms with Crippen LogP contribution in [0.3, 0.4) is 0 Å². The van der Waals surface area contributed by atoms with Gasteiger partial charge in [-0.3, -0.25) is 4.90 Å². The van der Waals surface area contributed by atoms with E-state index in [9.17, 15) is 9.50 Å². The molecule has 1 aromatic carbocycles. The van der Waals surface area contributed by atoms with Gasteiger partial charge in [-0.15, -0.1) is 0 Å². The van der Waals surface area contributed by atoms with Crippen molar-refractivity contribution >= 4 is 0 Å². The first kappa shape index (κ1) is 13.5. The maximum atomic E-state index is 13.1. The van der Waals surface area contributed by atoms with Gasteiger partial charge in [0.2, 0.25) is 0 Å². The van der Waals surface area contributed by atoms with E-state index in [4.69, 9.17) is 5.73 Å². The lowest BCUT2D eigenvalue weighted by Crippen LogP contribution is -2.34. The molecule has 2 unspecified atom stereocenters. The van der Waals surface area contributed by atoms with Gasteiger partial charge < -0.3 is 10.8 Å². The molecular formula is C14H21FN2O. The highest BCUT2D eigenvalue weighted by atomic mass is 19.1. The molecule has 1 heterocycles. The molecule has 18 heavy (non-hydrogen) atoms. The Kier molecular flexibility index (Phi) is 4.69. The Morgan fingerprint density at radius 2 is 2.33 bits per heavy atom. The first-order valence-electron chi connectivity index (χ1n) is 6.56. The van der Waals surface area contributed by atoms with Gasteiger partial charge in [0.1, 0.15) is 5.82 Å². The summed E-state index contributed by atoms with van der Waals surface area (Å²) < 4.78 is 13.1. The highest BCUT2D eigenvalue weighted by Crippen LogP contribution is 2.20. The van der Waals surface area contributed by atoms with Crippen LogP contribution >= 0.6 is 0 Å². The normalized spacial score (nSPS) is 22.3. The SMILES string of the molecule is NC(CCN1CCCC1CO)c1cccc(F)c1. The van der Waals surface area contributed by atoms with Crippen LogP contribution < -0.4 is 5.73 Å². The van der Waals surface area contributed by atoms with Gasteiger partial charge in [-0.05, 0) is 43.5 Å². The minimum absolute atomic E-state index is 0.138. The Bertz CT molecular complexity index is 386. The Morgan fingerprint density at radius 3 is 3.06 bits per heavy atom. The van der Waals surface area contributed by atoms with Crippen LogP contribution in [0.1, 0.15) is 30.9 Å². The Hall–Kier alpha value is -0.970. The molecule has 0 aliphatic carbocycles. The Morgan fingerprint density at radius 1 is 1.50 bits per heavy atom. The van der Waals surface area contributed by atoms with Crippen molar-refractivity contribution in [2.24, 2.45) is 5.73 Å². The van der Waals surface area contributed by atoms with E-state index in [1.807, 2.05) is 6.07 Å². The summed E-state index contributed by atoms with van der Waals surface area (Å²) in [5.41, 5.74) is 6.92. The summed E-state index contributed by atoms with van der Waals surface area (Å²) in [5, 5.41) is 9.23. The lowest BCUT2D eigenvalue weighted by Gasteiger charge is -2.24. The van der Waals surface area contributed by atoms with E-state index in [0.29, 0.717) is 0 Å². The molecule has 2 atom stereocenters. The highest BCUT2D eigenvalue weighted by molar-refractivity contribution is 5.19. The Labute approximate surface area is 107 Å². The van der Waals surface area contributed by atoms with Crippen LogP contribution in [0.15, 0.2) is 24.3 Å². The number of hydrogen-bond donors (Lipinski definition) is 2. The zero-order valence-corrected chi connectivity index (χ0v) is 10.6. The molecule has 100 valence electrons. The third-order valence-electron chi connectivity index (χ3n) is 3.71. The van der Waals surface area contributed by atoms with Crippen molar-refractivity contribution < 1.29 is 9.50 Å². The Balaban J connectivity index is 1.86. The fourth-order valence-electron chi connectivity index (χ4n) is 2.61. The summed E-state index contributed by atoms with van der Waals surface area (Å²) in [5.74, 6) is -0.239. The van der Waals surface area contributed by atoms with Crippen molar-refractivity contribution in [1.29, 1.82) is 0 Å². The first-order valence-corrected chi connectivity index (χ1v) is 6.56. The number of aliphatic hydroxyl groups is 1. The monoisotopic (exact) mass is 252 g/mol. The summed E-state index contributed by atoms with van der Waals surface area (Å²) in [4.78, 5) is 2.28. The van der Waals surface area contributed by atoms with E-state index in [1.165, 1.54) is 12.1 Å². The van der Waals surface area contributed by atoms with Gasteiger partial charge in [0, 0.05) is 18.6 Å². The molecule has 0 amide bonds. The van der Waals surface area contributed by atoms with Gasteiger partial charge in [-0.25, -0.2) is 4.39 Å². The molecule has 2 rings (SSSR count). The standard InChI is InChI=1S/C14H21FN2O/c15-12-4-1-3-11(9-12)14(16)6-8-17-7-2-5-13(17)10-18/h1,3-4,9,13-14,18H,2,5-8,10,16H2. The van der Waals surface area contributed by atoms with E-state index < -0.39 is 0 Å². The second-order valence-electron chi connectivity index (χ2n) is 4.96. The molecule has 3 N–H and O–H groups in total. The third kappa shape index (κ3) is 3.28. The summed E-state index contributed by atoms with van der Waals surface area (Å²) in [6, 6.07) is 6.62. The third-order valence-corrected chi connectivity index (χ3v) is 3.71. The molecule has 0 aromatic heterocycles. The lowest BCUT2D eigenvalue weighted by molar-refractivity contribution is 0.155. The van der Waals surface area contributed by atoms with Crippen molar-refractivity contribution in [3.63, 3.8) is 0 Å². The van der Waals surface area contributed by atoms with Gasteiger partial charge in [0.05, 0.1) is 6.61 Å². The molecule has 4 heteroatoms. The average Bonchev–Trinajstić information content (AvgIpc) is 2.83. The summed E-state index contributed by atoms with van der Waals surface area (Å²) >= 11 is 0. The smallest absolute Gasteiger partial charge is 0.123 e. The van der Waals surface area contributed by atoms with Gasteiger partial charge in [-0.1, -0.05) is 12.1 Å². The fraction of sp³-hybridized carbons (Fsp3) is 0.571. The second-order valence-corrected chi connectivity index (χ2v) is 4.96. The van der Waals surface area contributed by atoms with E-state index >= 15 is 0 Å². The van der Waals surface area contributed by atoms with Crippen LogP contribution in [0.5, 0.6) is 0 Å². The van der Waals surface area contributed by atoms with Crippen LogP contribution in [0.4, 0.5) is 4.39 Å². The van der Waals surface area contributed by atoms with Gasteiger partial charge in [-0.2, -0.15) is 0 Å². The van der Waals surface area contributed by atoms with Crippen molar-refractivity contribution in [1.82, 2.24) is 4.90 Å². The predicted octanol–water partition coefficient (Wildman–Crippen LogP) is 1.67. The van der Waals surface area contributed by atoms with Crippen LogP contribution in [0, 0.1) is 5.82 Å². The topological polar surface area (TPSA) is 49.5 Å². The maximum absolute atomic E-state index is 13.1. The van der Waals surface area contributed by atoms with Crippen molar-refractivity contribution in [2.75, 3.05) is 19.7 Å². The molecule has 1 fully saturated rings. The number of aliphatic hydroxyl groups excluding tert-OH is 1. The van der Waals surface area contributed by atoms with E-state index in [1.54, 1.807) is 6.07 Å². The minimum Gasteiger partial charge on any atom is -0.395 e. The van der Waals surface area contributed by atoms with Crippen LogP contribution in [0.2, 0.25) is 0 Å². The predicted molar refractivity (Wildman–Crippen MR) is 69.6 cm³/mol. The van der Waals surface area contributed by atoms with E-state index in [-0.39, 0.29) is 24.5 Å². The van der Waals surface area contributed by atoms with Gasteiger partial charge in [0.25, 0.3) is 0 Å². The van der Waals surface area contributed by atoms with E-state index in [0.717, 1.165) is 37.9 Å². The molecule has 3 nitrogen and oxygen atoms in total. The molecule has 1 saturated heterocycles. The number of likely N-dealkylation sites (tertiary alicyclic amines) is 1. The fourth-order valence-corrected chi connectivity index (χ4v) is 2.61. The molecule has 0 bridgehead atoms. The molecule has 0 saturated carbocycles. The number of hydrogen-bond acceptors (Lipinski definition) is 3. The molecule has 0 spiro atoms. The van der Waals surface area contributed by atoms with Crippen LogP contribution in [0.25, 0.3) is 0 Å². The number of nitrogens with zero attached hydrogens (tertiary/aromatic N) is 1. The lowest BCUT2D eigenvalue weighted by atomic mass is 10.0. The van der Waals surface area contributed by atoms with Gasteiger partial charge in [0.15, 0.2) is 0 Å². The number of rotatable bonds is 5. The second kappa shape index (κ2) is 6.27. The van der Waals surface area contributed by atoms with E-state index in [2.05, 4.69) is 4.90 Å². The van der Waals surface area contributed by atoms with Crippen LogP contribution in [-0.4, -0.2) is 35.7 Å². The first-order chi connectivity index (χ1) is 8.70. The summed E-state index contributed by atoms with van der Waals surface area (Å²) in [7, 11) is 0. The molecule has 1 aliphatic rings. The summed E-state index contributed by atoms with van der Waals surface area (Å²) in [6.45, 7) is 2.11. The van der Waals surface area contributed by atoms with Crippen molar-refractivity contribution in [2.45, 2.75) is 31.3 Å². The van der Waals surface area contributed by atoms with Crippen molar-refractivity contribution in [3.05, 3.63) is 35.6 Å². The molecule has 0 radical (unpaired) electrons. The number of nitrogens with two attached hydrogens (primary N) is 1. The maximum Gasteiger partial charge on any atom is 0.123 e. The molecular weight excluding hydrogens is 231 g/mol. The number of halogens is 1. The largest absolute Gasteiger partial charge is 0.395 e. The zero-order chi connectivity index (χ0) is 13.0. The zero-order valence-electron chi connectivity index (χ0n) is 10.6. The molecule has 1 aliphatic heterocycles. The summed E-state index contributed by atoms with van der Waals surface area (Å²) in [6.07, 6.45) is 2.99. The highest BCUT2D eigenvalue weighted by Gasteiger charge is 2.23.